The molecule has 0 saturated carbocycles. The first-order valence-corrected chi connectivity index (χ1v) is 4.36. The van der Waals surface area contributed by atoms with E-state index >= 15 is 0 Å². The highest BCUT2D eigenvalue weighted by Gasteiger charge is 2.18. The van der Waals surface area contributed by atoms with Crippen LogP contribution in [-0.2, 0) is 6.42 Å². The molecule has 3 N–H and O–H groups in total. The van der Waals surface area contributed by atoms with E-state index < -0.39 is 0 Å². The van der Waals surface area contributed by atoms with Gasteiger partial charge in [-0.1, -0.05) is 17.7 Å². The van der Waals surface area contributed by atoms with Crippen molar-refractivity contribution >= 4 is 5.69 Å². The van der Waals surface area contributed by atoms with Crippen LogP contribution >= 0.6 is 0 Å². The van der Waals surface area contributed by atoms with Crippen LogP contribution in [0.15, 0.2) is 18.2 Å². The van der Waals surface area contributed by atoms with E-state index in [0.29, 0.717) is 12.6 Å². The zero-order chi connectivity index (χ0) is 8.55. The van der Waals surface area contributed by atoms with Gasteiger partial charge in [0.2, 0.25) is 0 Å². The second-order valence-corrected chi connectivity index (χ2v) is 3.44. The standard InChI is InChI=1S/C10H14N2/c1-7-2-3-10-8(4-7)5-9(6-11)12-10/h2-4,9,12H,5-6,11H2,1H3. The molecule has 1 atom stereocenters. The average Bonchev–Trinajstić information content (AvgIpc) is 2.46. The Morgan fingerprint density at radius 3 is 3.17 bits per heavy atom. The molecule has 0 fully saturated rings. The molecule has 2 rings (SSSR count). The molecule has 0 aliphatic carbocycles. The summed E-state index contributed by atoms with van der Waals surface area (Å²) >= 11 is 0. The lowest BCUT2D eigenvalue weighted by Gasteiger charge is -2.05. The van der Waals surface area contributed by atoms with Gasteiger partial charge in [-0.05, 0) is 25.0 Å². The van der Waals surface area contributed by atoms with E-state index in [0.717, 1.165) is 6.42 Å². The molecule has 0 spiro atoms. The molecule has 1 aliphatic rings. The molecular weight excluding hydrogens is 148 g/mol. The van der Waals surface area contributed by atoms with Crippen molar-refractivity contribution in [2.75, 3.05) is 11.9 Å². The first-order valence-electron chi connectivity index (χ1n) is 4.36. The van der Waals surface area contributed by atoms with Crippen molar-refractivity contribution in [3.63, 3.8) is 0 Å². The van der Waals surface area contributed by atoms with Crippen molar-refractivity contribution in [2.24, 2.45) is 5.73 Å². The molecule has 12 heavy (non-hydrogen) atoms. The lowest BCUT2D eigenvalue weighted by atomic mass is 10.1. The van der Waals surface area contributed by atoms with E-state index in [-0.39, 0.29) is 0 Å². The van der Waals surface area contributed by atoms with Crippen LogP contribution in [0.25, 0.3) is 0 Å². The fraction of sp³-hybridized carbons (Fsp3) is 0.400. The number of nitrogens with one attached hydrogen (secondary N) is 1. The molecule has 1 aromatic carbocycles. The number of hydrogen-bond donors (Lipinski definition) is 2. The smallest absolute Gasteiger partial charge is 0.0424 e. The lowest BCUT2D eigenvalue weighted by molar-refractivity contribution is 0.760. The van der Waals surface area contributed by atoms with E-state index in [1.54, 1.807) is 0 Å². The molecule has 1 unspecified atom stereocenters. The van der Waals surface area contributed by atoms with Crippen LogP contribution in [0.1, 0.15) is 11.1 Å². The summed E-state index contributed by atoms with van der Waals surface area (Å²) in [6, 6.07) is 6.95. The Hall–Kier alpha value is -1.02. The molecule has 1 aliphatic heterocycles. The van der Waals surface area contributed by atoms with Gasteiger partial charge in [-0.25, -0.2) is 0 Å². The van der Waals surface area contributed by atoms with E-state index in [1.165, 1.54) is 16.8 Å². The monoisotopic (exact) mass is 162 g/mol. The Kier molecular flexibility index (Phi) is 1.77. The molecule has 2 nitrogen and oxygen atoms in total. The highest BCUT2D eigenvalue weighted by atomic mass is 15.0. The van der Waals surface area contributed by atoms with Crippen molar-refractivity contribution in [1.82, 2.24) is 0 Å². The topological polar surface area (TPSA) is 38.0 Å². The Balaban J connectivity index is 2.30. The Labute approximate surface area is 72.8 Å². The maximum Gasteiger partial charge on any atom is 0.0424 e. The van der Waals surface area contributed by atoms with Crippen molar-refractivity contribution in [2.45, 2.75) is 19.4 Å². The third-order valence-corrected chi connectivity index (χ3v) is 2.37. The van der Waals surface area contributed by atoms with Gasteiger partial charge in [0, 0.05) is 18.3 Å². The molecule has 1 heterocycles. The predicted molar refractivity (Wildman–Crippen MR) is 51.3 cm³/mol. The number of aryl methyl sites for hydroxylation is 1. The summed E-state index contributed by atoms with van der Waals surface area (Å²) in [5.74, 6) is 0. The first kappa shape index (κ1) is 7.62. The minimum Gasteiger partial charge on any atom is -0.380 e. The van der Waals surface area contributed by atoms with E-state index in [1.807, 2.05) is 0 Å². The normalized spacial score (nSPS) is 20.3. The third-order valence-electron chi connectivity index (χ3n) is 2.37. The van der Waals surface area contributed by atoms with Gasteiger partial charge in [0.15, 0.2) is 0 Å². The lowest BCUT2D eigenvalue weighted by Crippen LogP contribution is -2.25. The first-order chi connectivity index (χ1) is 5.79. The number of hydrogen-bond acceptors (Lipinski definition) is 2. The van der Waals surface area contributed by atoms with Crippen molar-refractivity contribution in [1.29, 1.82) is 0 Å². The van der Waals surface area contributed by atoms with Crippen molar-refractivity contribution in [3.05, 3.63) is 29.3 Å². The SMILES string of the molecule is Cc1ccc2c(c1)CC(CN)N2. The van der Waals surface area contributed by atoms with Gasteiger partial charge < -0.3 is 11.1 Å². The second kappa shape index (κ2) is 2.79. The highest BCUT2D eigenvalue weighted by molar-refractivity contribution is 5.57. The molecule has 2 heteroatoms. The summed E-state index contributed by atoms with van der Waals surface area (Å²) in [5.41, 5.74) is 9.58. The summed E-state index contributed by atoms with van der Waals surface area (Å²) in [5, 5.41) is 3.39. The Morgan fingerprint density at radius 1 is 1.58 bits per heavy atom. The molecule has 0 saturated heterocycles. The van der Waals surface area contributed by atoms with Gasteiger partial charge >= 0.3 is 0 Å². The van der Waals surface area contributed by atoms with Crippen LogP contribution in [0.5, 0.6) is 0 Å². The molecule has 64 valence electrons. The molecule has 0 amide bonds. The number of fused-ring (bicyclic) bond motifs is 1. The van der Waals surface area contributed by atoms with Crippen LogP contribution in [0.3, 0.4) is 0 Å². The predicted octanol–water partition coefficient (Wildman–Crippen LogP) is 1.29. The quantitative estimate of drug-likeness (QED) is 0.653. The third kappa shape index (κ3) is 1.18. The van der Waals surface area contributed by atoms with Crippen LogP contribution < -0.4 is 11.1 Å². The summed E-state index contributed by atoms with van der Waals surface area (Å²) in [4.78, 5) is 0. The number of benzene rings is 1. The van der Waals surface area contributed by atoms with E-state index in [4.69, 9.17) is 5.73 Å². The van der Waals surface area contributed by atoms with Crippen molar-refractivity contribution in [3.8, 4) is 0 Å². The molecule has 0 radical (unpaired) electrons. The largest absolute Gasteiger partial charge is 0.380 e. The van der Waals surface area contributed by atoms with E-state index in [9.17, 15) is 0 Å². The van der Waals surface area contributed by atoms with Crippen LogP contribution in [0.4, 0.5) is 5.69 Å². The fourth-order valence-corrected chi connectivity index (χ4v) is 1.71. The van der Waals surface area contributed by atoms with Crippen LogP contribution in [-0.4, -0.2) is 12.6 Å². The van der Waals surface area contributed by atoms with Gasteiger partial charge in [0.05, 0.1) is 0 Å². The molecule has 0 aromatic heterocycles. The minimum absolute atomic E-state index is 0.446. The number of nitrogens with two attached hydrogens (primary N) is 1. The highest BCUT2D eigenvalue weighted by Crippen LogP contribution is 2.25. The zero-order valence-corrected chi connectivity index (χ0v) is 7.30. The molecule has 0 bridgehead atoms. The number of rotatable bonds is 1. The van der Waals surface area contributed by atoms with Gasteiger partial charge in [-0.3, -0.25) is 0 Å². The summed E-state index contributed by atoms with van der Waals surface area (Å²) in [6.45, 7) is 2.84. The van der Waals surface area contributed by atoms with Gasteiger partial charge in [0.25, 0.3) is 0 Å². The van der Waals surface area contributed by atoms with Crippen molar-refractivity contribution < 1.29 is 0 Å². The Morgan fingerprint density at radius 2 is 2.42 bits per heavy atom. The zero-order valence-electron chi connectivity index (χ0n) is 7.30. The number of anilines is 1. The molecule has 1 aromatic rings. The average molecular weight is 162 g/mol. The Bertz CT molecular complexity index is 294. The van der Waals surface area contributed by atoms with Gasteiger partial charge in [0.1, 0.15) is 0 Å². The molecular formula is C10H14N2. The second-order valence-electron chi connectivity index (χ2n) is 3.44. The van der Waals surface area contributed by atoms with Crippen LogP contribution in [0, 0.1) is 6.92 Å². The van der Waals surface area contributed by atoms with Gasteiger partial charge in [-0.15, -0.1) is 0 Å². The minimum atomic E-state index is 0.446. The van der Waals surface area contributed by atoms with E-state index in [2.05, 4.69) is 30.4 Å². The summed E-state index contributed by atoms with van der Waals surface area (Å²) in [6.07, 6.45) is 1.08. The van der Waals surface area contributed by atoms with Crippen LogP contribution in [0.2, 0.25) is 0 Å². The summed E-state index contributed by atoms with van der Waals surface area (Å²) < 4.78 is 0. The van der Waals surface area contributed by atoms with Gasteiger partial charge in [-0.2, -0.15) is 0 Å². The summed E-state index contributed by atoms with van der Waals surface area (Å²) in [7, 11) is 0. The fourth-order valence-electron chi connectivity index (χ4n) is 1.71. The maximum absolute atomic E-state index is 5.59. The maximum atomic E-state index is 5.59.